The lowest BCUT2D eigenvalue weighted by molar-refractivity contribution is -0.136. The number of nitrogens with zero attached hydrogens (tertiary/aromatic N) is 6. The Kier molecular flexibility index (Phi) is 7.94. The van der Waals surface area contributed by atoms with Crippen LogP contribution in [0.3, 0.4) is 0 Å². The Morgan fingerprint density at radius 1 is 1.14 bits per heavy atom. The molecule has 2 amide bonds. The quantitative estimate of drug-likeness (QED) is 0.356. The van der Waals surface area contributed by atoms with E-state index in [1.807, 2.05) is 68.7 Å². The van der Waals surface area contributed by atoms with Gasteiger partial charge in [0.1, 0.15) is 11.3 Å². The number of benzene rings is 1. The zero-order chi connectivity index (χ0) is 30.4. The molecule has 5 rings (SSSR count). The van der Waals surface area contributed by atoms with Crippen LogP contribution in [0, 0.1) is 12.8 Å². The van der Waals surface area contributed by atoms with Crippen molar-refractivity contribution in [3.05, 3.63) is 53.5 Å². The van der Waals surface area contributed by atoms with E-state index in [4.69, 9.17) is 4.74 Å². The van der Waals surface area contributed by atoms with Gasteiger partial charge in [0.25, 0.3) is 0 Å². The predicted molar refractivity (Wildman–Crippen MR) is 161 cm³/mol. The highest BCUT2D eigenvalue weighted by molar-refractivity contribution is 5.77. The van der Waals surface area contributed by atoms with E-state index in [1.165, 1.54) is 18.7 Å². The first kappa shape index (κ1) is 29.8. The molecule has 0 radical (unpaired) electrons. The van der Waals surface area contributed by atoms with Crippen molar-refractivity contribution in [2.45, 2.75) is 84.5 Å². The van der Waals surface area contributed by atoms with Gasteiger partial charge in [-0.1, -0.05) is 12.1 Å². The molecule has 2 aromatic heterocycles. The van der Waals surface area contributed by atoms with Crippen LogP contribution in [0.15, 0.2) is 36.5 Å². The van der Waals surface area contributed by atoms with Crippen LogP contribution in [0.25, 0.3) is 5.65 Å². The Labute approximate surface area is 247 Å². The van der Waals surface area contributed by atoms with Gasteiger partial charge >= 0.3 is 6.09 Å². The van der Waals surface area contributed by atoms with E-state index in [9.17, 15) is 9.59 Å². The number of carbonyl (C=O) groups is 2. The molecule has 2 aliphatic heterocycles. The average Bonchev–Trinajstić information content (AvgIpc) is 3.53. The Balaban J connectivity index is 1.30. The molecule has 10 heteroatoms. The van der Waals surface area contributed by atoms with Crippen molar-refractivity contribution in [2.75, 3.05) is 31.6 Å². The number of aromatic nitrogens is 3. The van der Waals surface area contributed by atoms with Crippen LogP contribution in [0.1, 0.15) is 76.9 Å². The number of likely N-dealkylation sites (tertiary alicyclic amines) is 1. The first-order valence-electron chi connectivity index (χ1n) is 14.9. The van der Waals surface area contributed by atoms with Gasteiger partial charge in [0.2, 0.25) is 5.91 Å². The molecule has 226 valence electrons. The van der Waals surface area contributed by atoms with E-state index in [1.54, 1.807) is 11.9 Å². The largest absolute Gasteiger partial charge is 0.444 e. The highest BCUT2D eigenvalue weighted by Crippen LogP contribution is 2.38. The van der Waals surface area contributed by atoms with Gasteiger partial charge in [-0.3, -0.25) is 4.79 Å². The number of alkyl halides is 1. The van der Waals surface area contributed by atoms with Crippen molar-refractivity contribution in [3.63, 3.8) is 0 Å². The summed E-state index contributed by atoms with van der Waals surface area (Å²) in [5.41, 5.74) is 3.42. The number of hydrogen-bond donors (Lipinski definition) is 0. The number of amides is 2. The summed E-state index contributed by atoms with van der Waals surface area (Å²) in [6, 6.07) is 9.05. The third-order valence-electron chi connectivity index (χ3n) is 8.12. The molecule has 0 spiro atoms. The molecule has 42 heavy (non-hydrogen) atoms. The molecule has 1 unspecified atom stereocenters. The number of hydrogen-bond acceptors (Lipinski definition) is 6. The summed E-state index contributed by atoms with van der Waals surface area (Å²) >= 11 is 0. The number of anilines is 2. The van der Waals surface area contributed by atoms with Crippen LogP contribution in [0.4, 0.5) is 20.6 Å². The average molecular weight is 579 g/mol. The van der Waals surface area contributed by atoms with Crippen molar-refractivity contribution in [1.82, 2.24) is 24.4 Å². The summed E-state index contributed by atoms with van der Waals surface area (Å²) in [7, 11) is 1.67. The van der Waals surface area contributed by atoms with E-state index < -0.39 is 17.3 Å². The highest BCUT2D eigenvalue weighted by atomic mass is 19.1. The summed E-state index contributed by atoms with van der Waals surface area (Å²) < 4.78 is 23.1. The molecule has 0 bridgehead atoms. The van der Waals surface area contributed by atoms with Gasteiger partial charge in [0.05, 0.1) is 29.3 Å². The predicted octanol–water partition coefficient (Wildman–Crippen LogP) is 6.02. The summed E-state index contributed by atoms with van der Waals surface area (Å²) in [6.45, 7) is 12.4. The number of halogens is 1. The van der Waals surface area contributed by atoms with Crippen molar-refractivity contribution in [3.8, 4) is 0 Å². The van der Waals surface area contributed by atoms with Crippen molar-refractivity contribution in [1.29, 1.82) is 0 Å². The van der Waals surface area contributed by atoms with Gasteiger partial charge in [-0.15, -0.1) is 0 Å². The number of ether oxygens (including phenoxy) is 1. The Morgan fingerprint density at radius 2 is 1.86 bits per heavy atom. The minimum atomic E-state index is -1.67. The highest BCUT2D eigenvalue weighted by Gasteiger charge is 2.38. The SMILES string of the molecule is Cc1cc2ncc3c(n2n1)CCCN3c1ccc([C@H](N(C)C(=O)CC2CCN(C(=O)OC(C)(C)C)C2)C(C)(C)F)cc1. The fourth-order valence-electron chi connectivity index (χ4n) is 6.28. The van der Waals surface area contributed by atoms with E-state index in [2.05, 4.69) is 15.0 Å². The fourth-order valence-corrected chi connectivity index (χ4v) is 6.28. The standard InChI is InChI=1S/C32H43FN6O3/c1-21-17-27-34-19-26-25(39(27)35-21)9-8-15-38(26)24-12-10-23(11-13-24)29(32(5,6)33)36(7)28(40)18-22-14-16-37(20-22)30(41)42-31(2,3)4/h10-13,17,19,22,29H,8-9,14-16,18,20H2,1-7H3/t22?,29-/m0/s1. The van der Waals surface area contributed by atoms with Gasteiger partial charge in [-0.05, 0) is 84.4 Å². The third-order valence-corrected chi connectivity index (χ3v) is 8.12. The number of fused-ring (bicyclic) bond motifs is 3. The van der Waals surface area contributed by atoms with Gasteiger partial charge in [0.15, 0.2) is 5.65 Å². The molecule has 1 fully saturated rings. The Bertz CT molecular complexity index is 1460. The maximum Gasteiger partial charge on any atom is 0.410 e. The smallest absolute Gasteiger partial charge is 0.410 e. The van der Waals surface area contributed by atoms with Crippen LogP contribution in [0.2, 0.25) is 0 Å². The van der Waals surface area contributed by atoms with Crippen LogP contribution < -0.4 is 4.90 Å². The molecule has 9 nitrogen and oxygen atoms in total. The van der Waals surface area contributed by atoms with Crippen molar-refractivity contribution in [2.24, 2.45) is 5.92 Å². The monoisotopic (exact) mass is 578 g/mol. The van der Waals surface area contributed by atoms with Gasteiger partial charge in [0, 0.05) is 44.9 Å². The molecule has 0 N–H and O–H groups in total. The maximum atomic E-state index is 15.7. The fraction of sp³-hybridized carbons (Fsp3) is 0.562. The van der Waals surface area contributed by atoms with Gasteiger partial charge in [-0.2, -0.15) is 5.10 Å². The Morgan fingerprint density at radius 3 is 2.52 bits per heavy atom. The van der Waals surface area contributed by atoms with E-state index >= 15 is 4.39 Å². The Hall–Kier alpha value is -3.69. The van der Waals surface area contributed by atoms with Gasteiger partial charge < -0.3 is 19.4 Å². The summed E-state index contributed by atoms with van der Waals surface area (Å²) in [5, 5.41) is 4.64. The lowest BCUT2D eigenvalue weighted by Gasteiger charge is -2.36. The topological polar surface area (TPSA) is 83.3 Å². The molecule has 2 aliphatic rings. The van der Waals surface area contributed by atoms with E-state index in [-0.39, 0.29) is 24.3 Å². The first-order chi connectivity index (χ1) is 19.7. The molecule has 2 atom stereocenters. The summed E-state index contributed by atoms with van der Waals surface area (Å²) in [6.07, 6.45) is 4.42. The third kappa shape index (κ3) is 6.22. The lowest BCUT2D eigenvalue weighted by Crippen LogP contribution is -2.42. The second-order valence-corrected chi connectivity index (χ2v) is 13.2. The molecule has 1 saturated heterocycles. The molecule has 0 saturated carbocycles. The molecular weight excluding hydrogens is 535 g/mol. The van der Waals surface area contributed by atoms with Crippen LogP contribution in [0.5, 0.6) is 0 Å². The summed E-state index contributed by atoms with van der Waals surface area (Å²) in [5.74, 6) is -0.128. The minimum absolute atomic E-state index is 0.0102. The second kappa shape index (κ2) is 11.2. The minimum Gasteiger partial charge on any atom is -0.444 e. The zero-order valence-corrected chi connectivity index (χ0v) is 25.9. The summed E-state index contributed by atoms with van der Waals surface area (Å²) in [4.78, 5) is 35.9. The second-order valence-electron chi connectivity index (χ2n) is 13.2. The first-order valence-corrected chi connectivity index (χ1v) is 14.9. The van der Waals surface area contributed by atoms with Crippen molar-refractivity contribution < 1.29 is 18.7 Å². The number of carbonyl (C=O) groups excluding carboxylic acids is 2. The molecule has 3 aromatic rings. The number of rotatable bonds is 6. The molecule has 0 aliphatic carbocycles. The van der Waals surface area contributed by atoms with Crippen LogP contribution in [-0.2, 0) is 16.0 Å². The van der Waals surface area contributed by atoms with Gasteiger partial charge in [-0.25, -0.2) is 18.7 Å². The number of aryl methyl sites for hydroxylation is 2. The van der Waals surface area contributed by atoms with E-state index in [0.29, 0.717) is 19.5 Å². The molecular formula is C32H43FN6O3. The van der Waals surface area contributed by atoms with Crippen LogP contribution >= 0.6 is 0 Å². The normalized spacial score (nSPS) is 18.2. The maximum absolute atomic E-state index is 15.7. The van der Waals surface area contributed by atoms with Crippen LogP contribution in [-0.4, -0.2) is 74.4 Å². The molecule has 4 heterocycles. The van der Waals surface area contributed by atoms with E-state index in [0.717, 1.165) is 53.4 Å². The van der Waals surface area contributed by atoms with Crippen molar-refractivity contribution >= 4 is 29.0 Å². The molecule has 1 aromatic carbocycles. The lowest BCUT2D eigenvalue weighted by atomic mass is 9.91. The zero-order valence-electron chi connectivity index (χ0n) is 25.9.